The summed E-state index contributed by atoms with van der Waals surface area (Å²) in [4.78, 5) is 0. The van der Waals surface area contributed by atoms with Crippen molar-refractivity contribution in [2.24, 2.45) is 0 Å². The van der Waals surface area contributed by atoms with E-state index in [0.29, 0.717) is 0 Å². The van der Waals surface area contributed by atoms with E-state index in [1.54, 1.807) is 0 Å². The molecule has 29 heavy (non-hydrogen) atoms. The molecular formula is C19H12Cl4O5S. The van der Waals surface area contributed by atoms with Crippen LogP contribution in [0.25, 0.3) is 0 Å². The highest BCUT2D eigenvalue weighted by atomic mass is 35.5. The van der Waals surface area contributed by atoms with E-state index in [4.69, 9.17) is 46.4 Å². The van der Waals surface area contributed by atoms with Crippen LogP contribution >= 0.6 is 46.4 Å². The van der Waals surface area contributed by atoms with Gasteiger partial charge in [0.1, 0.15) is 11.5 Å². The smallest absolute Gasteiger partial charge is 0.283 e. The van der Waals surface area contributed by atoms with E-state index in [-0.39, 0.29) is 31.2 Å². The van der Waals surface area contributed by atoms with Crippen molar-refractivity contribution in [1.29, 1.82) is 0 Å². The molecule has 1 unspecified atom stereocenters. The zero-order valence-electron chi connectivity index (χ0n) is 14.3. The number of phenolic OH excluding ortho intramolecular Hbond substituents is 2. The van der Waals surface area contributed by atoms with Crippen LogP contribution in [0, 0.1) is 0 Å². The Balaban J connectivity index is 2.63. The fourth-order valence-electron chi connectivity index (χ4n) is 3.27. The zero-order chi connectivity index (χ0) is 21.6. The van der Waals surface area contributed by atoms with Gasteiger partial charge in [-0.3, -0.25) is 4.55 Å². The van der Waals surface area contributed by atoms with Gasteiger partial charge in [0.2, 0.25) is 0 Å². The number of hydrogen-bond donors (Lipinski definition) is 3. The van der Waals surface area contributed by atoms with Crippen LogP contribution in [-0.2, 0) is 14.9 Å². The Hall–Kier alpha value is -1.67. The molecule has 0 radical (unpaired) electrons. The van der Waals surface area contributed by atoms with Crippen LogP contribution in [0.5, 0.6) is 11.5 Å². The summed E-state index contributed by atoms with van der Waals surface area (Å²) in [5.74, 6) is -1.08. The Morgan fingerprint density at radius 1 is 0.759 bits per heavy atom. The van der Waals surface area contributed by atoms with Gasteiger partial charge in [-0.05, 0) is 47.5 Å². The quantitative estimate of drug-likeness (QED) is 0.311. The van der Waals surface area contributed by atoms with E-state index in [9.17, 15) is 23.2 Å². The second-order valence-corrected chi connectivity index (χ2v) is 9.43. The molecule has 3 rings (SSSR count). The van der Waals surface area contributed by atoms with Crippen LogP contribution in [0.15, 0.2) is 54.6 Å². The minimum atomic E-state index is -5.10. The topological polar surface area (TPSA) is 94.8 Å². The molecule has 0 aliphatic carbocycles. The van der Waals surface area contributed by atoms with E-state index >= 15 is 0 Å². The summed E-state index contributed by atoms with van der Waals surface area (Å²) in [5.41, 5.74) is -0.531. The van der Waals surface area contributed by atoms with Gasteiger partial charge in [0, 0.05) is 26.7 Å². The fourth-order valence-corrected chi connectivity index (χ4v) is 5.71. The molecule has 5 nitrogen and oxygen atoms in total. The highest BCUT2D eigenvalue weighted by Gasteiger charge is 2.51. The van der Waals surface area contributed by atoms with Crippen molar-refractivity contribution >= 4 is 56.5 Å². The maximum atomic E-state index is 13.0. The molecule has 0 aliphatic rings. The summed E-state index contributed by atoms with van der Waals surface area (Å²) in [6.45, 7) is 0. The van der Waals surface area contributed by atoms with E-state index in [1.807, 2.05) is 0 Å². The number of rotatable bonds is 4. The van der Waals surface area contributed by atoms with Gasteiger partial charge < -0.3 is 10.2 Å². The summed E-state index contributed by atoms with van der Waals surface area (Å²) in [7, 11) is -5.10. The third-order valence-corrected chi connectivity index (χ3v) is 6.71. The summed E-state index contributed by atoms with van der Waals surface area (Å²) >= 11 is 24.5. The van der Waals surface area contributed by atoms with Crippen LogP contribution in [0.1, 0.15) is 16.7 Å². The van der Waals surface area contributed by atoms with Gasteiger partial charge in [0.05, 0.1) is 5.02 Å². The van der Waals surface area contributed by atoms with Crippen molar-refractivity contribution in [3.05, 3.63) is 91.4 Å². The van der Waals surface area contributed by atoms with Gasteiger partial charge in [-0.15, -0.1) is 0 Å². The molecule has 152 valence electrons. The number of aromatic hydroxyl groups is 2. The van der Waals surface area contributed by atoms with Crippen molar-refractivity contribution in [2.45, 2.75) is 4.75 Å². The molecule has 0 heterocycles. The van der Waals surface area contributed by atoms with Crippen molar-refractivity contribution in [3.63, 3.8) is 0 Å². The average Bonchev–Trinajstić information content (AvgIpc) is 2.55. The third-order valence-electron chi connectivity index (χ3n) is 4.29. The van der Waals surface area contributed by atoms with Gasteiger partial charge in [-0.25, -0.2) is 0 Å². The molecular weight excluding hydrogens is 482 g/mol. The molecule has 0 saturated heterocycles. The minimum absolute atomic E-state index is 0.0336. The van der Waals surface area contributed by atoms with Crippen LogP contribution in [0.2, 0.25) is 20.1 Å². The van der Waals surface area contributed by atoms with Gasteiger partial charge in [0.15, 0.2) is 4.75 Å². The summed E-state index contributed by atoms with van der Waals surface area (Å²) in [6, 6.07) is 11.5. The third kappa shape index (κ3) is 3.89. The van der Waals surface area contributed by atoms with E-state index in [2.05, 4.69) is 0 Å². The number of phenols is 2. The molecule has 0 aliphatic heterocycles. The van der Waals surface area contributed by atoms with Crippen LogP contribution in [0.4, 0.5) is 0 Å². The Morgan fingerprint density at radius 3 is 1.86 bits per heavy atom. The first-order valence-corrected chi connectivity index (χ1v) is 10.8. The maximum Gasteiger partial charge on any atom is 0.283 e. The van der Waals surface area contributed by atoms with Gasteiger partial charge in [-0.2, -0.15) is 8.42 Å². The predicted molar refractivity (Wildman–Crippen MR) is 114 cm³/mol. The molecule has 0 bridgehead atoms. The summed E-state index contributed by atoms with van der Waals surface area (Å²) < 4.78 is 34.0. The molecule has 0 amide bonds. The first-order valence-electron chi connectivity index (χ1n) is 7.88. The van der Waals surface area contributed by atoms with Crippen molar-refractivity contribution in [1.82, 2.24) is 0 Å². The van der Waals surface area contributed by atoms with Crippen molar-refractivity contribution in [2.75, 3.05) is 0 Å². The highest BCUT2D eigenvalue weighted by Crippen LogP contribution is 2.51. The Bertz CT molecular complexity index is 1170. The molecule has 0 spiro atoms. The minimum Gasteiger partial charge on any atom is -0.508 e. The normalized spacial score (nSPS) is 13.8. The van der Waals surface area contributed by atoms with Crippen LogP contribution in [0.3, 0.4) is 0 Å². The van der Waals surface area contributed by atoms with Gasteiger partial charge >= 0.3 is 0 Å². The van der Waals surface area contributed by atoms with E-state index in [1.165, 1.54) is 42.5 Å². The molecule has 3 aromatic carbocycles. The summed E-state index contributed by atoms with van der Waals surface area (Å²) in [6.07, 6.45) is 0. The van der Waals surface area contributed by atoms with E-state index < -0.39 is 31.9 Å². The second kappa shape index (κ2) is 7.87. The average molecular weight is 494 g/mol. The molecule has 3 N–H and O–H groups in total. The number of hydrogen-bond acceptors (Lipinski definition) is 4. The molecule has 1 atom stereocenters. The SMILES string of the molecule is O=S(=O)(O)C(c1cccc(Cl)c1)(c1cc(Cl)cc(Cl)c1)c1c(O)cc(O)cc1Cl. The van der Waals surface area contributed by atoms with Gasteiger partial charge in [0.25, 0.3) is 10.1 Å². The van der Waals surface area contributed by atoms with Crippen molar-refractivity contribution in [3.8, 4) is 11.5 Å². The first-order chi connectivity index (χ1) is 13.5. The molecule has 0 aromatic heterocycles. The molecule has 0 saturated carbocycles. The van der Waals surface area contributed by atoms with Crippen LogP contribution < -0.4 is 0 Å². The molecule has 10 heteroatoms. The van der Waals surface area contributed by atoms with Gasteiger partial charge in [-0.1, -0.05) is 58.5 Å². The van der Waals surface area contributed by atoms with E-state index in [0.717, 1.165) is 12.1 Å². The second-order valence-electron chi connectivity index (χ2n) is 6.15. The monoisotopic (exact) mass is 492 g/mol. The Labute approximate surface area is 186 Å². The summed E-state index contributed by atoms with van der Waals surface area (Å²) in [5, 5.41) is 20.3. The lowest BCUT2D eigenvalue weighted by molar-refractivity contribution is 0.431. The number of benzene rings is 3. The lowest BCUT2D eigenvalue weighted by Gasteiger charge is -2.34. The predicted octanol–water partition coefficient (Wildman–Crippen LogP) is 5.89. The largest absolute Gasteiger partial charge is 0.508 e. The lowest BCUT2D eigenvalue weighted by atomic mass is 9.83. The van der Waals surface area contributed by atoms with Crippen LogP contribution in [-0.4, -0.2) is 23.2 Å². The molecule has 0 fully saturated rings. The Morgan fingerprint density at radius 2 is 1.34 bits per heavy atom. The number of halogens is 4. The maximum absolute atomic E-state index is 13.0. The molecule has 3 aromatic rings. The lowest BCUT2D eigenvalue weighted by Crippen LogP contribution is -2.38. The first kappa shape index (κ1) is 22.0. The van der Waals surface area contributed by atoms with Crippen molar-refractivity contribution < 1.29 is 23.2 Å². The zero-order valence-corrected chi connectivity index (χ0v) is 18.1. The Kier molecular flexibility index (Phi) is 5.98. The fraction of sp³-hybridized carbons (Fsp3) is 0.0526. The standard InChI is InChI=1S/C19H12Cl4O5S/c20-12-3-1-2-10(4-12)19(29(26,27)28,11-5-13(21)7-14(22)6-11)18-16(23)8-15(24)9-17(18)25/h1-9,24-25H,(H,26,27,28). The highest BCUT2D eigenvalue weighted by molar-refractivity contribution is 7.87.